The summed E-state index contributed by atoms with van der Waals surface area (Å²) < 4.78 is 15.3. The zero-order valence-corrected chi connectivity index (χ0v) is 17.4. The van der Waals surface area contributed by atoms with Gasteiger partial charge in [-0.15, -0.1) is 0 Å². The van der Waals surface area contributed by atoms with E-state index in [1.807, 2.05) is 0 Å². The van der Waals surface area contributed by atoms with Gasteiger partial charge in [0, 0.05) is 24.7 Å². The number of nitro benzene ring substituents is 1. The van der Waals surface area contributed by atoms with Crippen molar-refractivity contribution in [1.29, 1.82) is 0 Å². The van der Waals surface area contributed by atoms with E-state index in [0.29, 0.717) is 17.1 Å². The van der Waals surface area contributed by atoms with Crippen molar-refractivity contribution in [1.82, 2.24) is 0 Å². The van der Waals surface area contributed by atoms with E-state index in [2.05, 4.69) is 5.32 Å². The number of nitro groups is 1. The Balaban J connectivity index is 1.58. The first-order chi connectivity index (χ1) is 15.3. The maximum Gasteiger partial charge on any atom is 0.311 e. The van der Waals surface area contributed by atoms with Crippen LogP contribution in [-0.4, -0.2) is 50.1 Å². The first-order valence-corrected chi connectivity index (χ1v) is 9.55. The molecule has 0 unspecified atom stereocenters. The minimum Gasteiger partial charge on any atom is -0.497 e. The Morgan fingerprint density at radius 2 is 1.88 bits per heavy atom. The molecule has 32 heavy (non-hydrogen) atoms. The summed E-state index contributed by atoms with van der Waals surface area (Å²) in [5.41, 5.74) is 0.645. The van der Waals surface area contributed by atoms with Gasteiger partial charge in [0.1, 0.15) is 11.5 Å². The van der Waals surface area contributed by atoms with Crippen LogP contribution in [0.1, 0.15) is 6.42 Å². The van der Waals surface area contributed by atoms with E-state index in [1.165, 1.54) is 37.3 Å². The number of benzene rings is 2. The minimum atomic E-state index is -0.781. The van der Waals surface area contributed by atoms with E-state index in [9.17, 15) is 24.5 Å². The number of rotatable bonds is 8. The molecule has 11 heteroatoms. The van der Waals surface area contributed by atoms with Crippen LogP contribution in [0.25, 0.3) is 0 Å². The monoisotopic (exact) mass is 443 g/mol. The molecule has 0 bridgehead atoms. The van der Waals surface area contributed by atoms with Crippen LogP contribution in [0.15, 0.2) is 42.5 Å². The summed E-state index contributed by atoms with van der Waals surface area (Å²) in [6, 6.07) is 10.5. The molecule has 0 spiro atoms. The lowest BCUT2D eigenvalue weighted by atomic mass is 10.1. The van der Waals surface area contributed by atoms with E-state index in [0.717, 1.165) is 0 Å². The number of nitrogens with zero attached hydrogens (tertiary/aromatic N) is 2. The molecular weight excluding hydrogens is 422 g/mol. The lowest BCUT2D eigenvalue weighted by Gasteiger charge is -2.19. The fourth-order valence-electron chi connectivity index (χ4n) is 3.23. The van der Waals surface area contributed by atoms with Gasteiger partial charge in [-0.1, -0.05) is 0 Å². The molecule has 0 aliphatic carbocycles. The Morgan fingerprint density at radius 3 is 2.50 bits per heavy atom. The van der Waals surface area contributed by atoms with Gasteiger partial charge in [-0.2, -0.15) is 0 Å². The van der Waals surface area contributed by atoms with Crippen LogP contribution >= 0.6 is 0 Å². The number of carbonyl (C=O) groups is 3. The minimum absolute atomic E-state index is 0.00589. The van der Waals surface area contributed by atoms with Gasteiger partial charge in [-0.3, -0.25) is 24.5 Å². The van der Waals surface area contributed by atoms with E-state index >= 15 is 0 Å². The summed E-state index contributed by atoms with van der Waals surface area (Å²) in [6.07, 6.45) is -0.112. The molecule has 0 saturated carbocycles. The highest BCUT2D eigenvalue weighted by Gasteiger charge is 2.37. The number of hydrogen-bond donors (Lipinski definition) is 1. The molecule has 1 aliphatic heterocycles. The van der Waals surface area contributed by atoms with Gasteiger partial charge in [0.2, 0.25) is 5.91 Å². The quantitative estimate of drug-likeness (QED) is 0.372. The Hall–Kier alpha value is -4.15. The van der Waals surface area contributed by atoms with Crippen LogP contribution < -0.4 is 19.7 Å². The first kappa shape index (κ1) is 22.5. The van der Waals surface area contributed by atoms with Crippen molar-refractivity contribution in [3.05, 3.63) is 52.6 Å². The number of non-ortho nitro benzene ring substituents is 1. The van der Waals surface area contributed by atoms with Crippen molar-refractivity contribution in [3.63, 3.8) is 0 Å². The van der Waals surface area contributed by atoms with Crippen LogP contribution in [0.2, 0.25) is 0 Å². The van der Waals surface area contributed by atoms with Crippen molar-refractivity contribution in [3.8, 4) is 11.5 Å². The zero-order chi connectivity index (χ0) is 23.3. The van der Waals surface area contributed by atoms with Gasteiger partial charge < -0.3 is 24.4 Å². The Kier molecular flexibility index (Phi) is 6.88. The Morgan fingerprint density at radius 1 is 1.16 bits per heavy atom. The molecule has 0 radical (unpaired) electrons. The molecule has 3 rings (SSSR count). The average Bonchev–Trinajstić information content (AvgIpc) is 3.18. The predicted octanol–water partition coefficient (Wildman–Crippen LogP) is 2.15. The standard InChI is InChI=1S/C21H21N3O8/c1-30-16-6-3-14(4-7-16)22-19(25)12-32-21(27)13-9-20(26)23(11-13)17-8-5-15(24(28)29)10-18(17)31-2/h3-8,10,13H,9,11-12H2,1-2H3,(H,22,25)/t13-/m1/s1. The average molecular weight is 443 g/mol. The van der Waals surface area contributed by atoms with Gasteiger partial charge in [0.05, 0.1) is 36.8 Å². The number of methoxy groups -OCH3 is 2. The van der Waals surface area contributed by atoms with Crippen LogP contribution in [0.5, 0.6) is 11.5 Å². The fourth-order valence-corrected chi connectivity index (χ4v) is 3.23. The molecular formula is C21H21N3O8. The van der Waals surface area contributed by atoms with E-state index in [-0.39, 0.29) is 30.3 Å². The van der Waals surface area contributed by atoms with Crippen LogP contribution in [0.3, 0.4) is 0 Å². The molecule has 1 heterocycles. The highest BCUT2D eigenvalue weighted by Crippen LogP contribution is 2.36. The predicted molar refractivity (Wildman–Crippen MR) is 113 cm³/mol. The summed E-state index contributed by atoms with van der Waals surface area (Å²) in [5, 5.41) is 13.5. The Bertz CT molecular complexity index is 1040. The molecule has 1 fully saturated rings. The summed E-state index contributed by atoms with van der Waals surface area (Å²) in [5.74, 6) is -1.58. The third-order valence-electron chi connectivity index (χ3n) is 4.84. The molecule has 1 aliphatic rings. The van der Waals surface area contributed by atoms with Gasteiger partial charge in [0.25, 0.3) is 11.6 Å². The smallest absolute Gasteiger partial charge is 0.311 e. The lowest BCUT2D eigenvalue weighted by Crippen LogP contribution is -2.28. The van der Waals surface area contributed by atoms with E-state index in [1.54, 1.807) is 24.3 Å². The number of amides is 2. The molecule has 0 aromatic heterocycles. The summed E-state index contributed by atoms with van der Waals surface area (Å²) >= 11 is 0. The topological polar surface area (TPSA) is 137 Å². The van der Waals surface area contributed by atoms with Crippen LogP contribution in [-0.2, 0) is 19.1 Å². The third-order valence-corrected chi connectivity index (χ3v) is 4.84. The van der Waals surface area contributed by atoms with Crippen molar-refractivity contribution < 1.29 is 33.5 Å². The molecule has 1 saturated heterocycles. The second-order valence-corrected chi connectivity index (χ2v) is 6.90. The zero-order valence-electron chi connectivity index (χ0n) is 17.4. The molecule has 2 aromatic rings. The highest BCUT2D eigenvalue weighted by atomic mass is 16.6. The highest BCUT2D eigenvalue weighted by molar-refractivity contribution is 6.01. The largest absolute Gasteiger partial charge is 0.497 e. The van der Waals surface area contributed by atoms with Gasteiger partial charge in [0.15, 0.2) is 6.61 Å². The number of ether oxygens (including phenoxy) is 3. The van der Waals surface area contributed by atoms with Gasteiger partial charge in [-0.25, -0.2) is 0 Å². The Labute approximate surface area is 183 Å². The van der Waals surface area contributed by atoms with Crippen molar-refractivity contribution in [2.45, 2.75) is 6.42 Å². The van der Waals surface area contributed by atoms with Crippen molar-refractivity contribution in [2.24, 2.45) is 5.92 Å². The third kappa shape index (κ3) is 5.12. The van der Waals surface area contributed by atoms with E-state index < -0.39 is 29.3 Å². The molecule has 2 amide bonds. The van der Waals surface area contributed by atoms with Crippen molar-refractivity contribution >= 4 is 34.8 Å². The first-order valence-electron chi connectivity index (χ1n) is 9.55. The van der Waals surface area contributed by atoms with Gasteiger partial charge >= 0.3 is 5.97 Å². The number of carbonyl (C=O) groups excluding carboxylic acids is 3. The molecule has 168 valence electrons. The van der Waals surface area contributed by atoms with Crippen LogP contribution in [0.4, 0.5) is 17.1 Å². The molecule has 2 aromatic carbocycles. The van der Waals surface area contributed by atoms with E-state index in [4.69, 9.17) is 14.2 Å². The SMILES string of the molecule is COc1ccc(NC(=O)COC(=O)[C@@H]2CC(=O)N(c3ccc([N+](=O)[O-])cc3OC)C2)cc1. The second kappa shape index (κ2) is 9.77. The maximum atomic E-state index is 12.4. The number of nitrogens with one attached hydrogen (secondary N) is 1. The summed E-state index contributed by atoms with van der Waals surface area (Å²) in [6.45, 7) is -0.498. The number of esters is 1. The lowest BCUT2D eigenvalue weighted by molar-refractivity contribution is -0.384. The summed E-state index contributed by atoms with van der Waals surface area (Å²) in [7, 11) is 2.86. The van der Waals surface area contributed by atoms with Crippen LogP contribution in [0, 0.1) is 16.0 Å². The number of hydrogen-bond acceptors (Lipinski definition) is 8. The molecule has 1 atom stereocenters. The molecule has 1 N–H and O–H groups in total. The number of anilines is 2. The fraction of sp³-hybridized carbons (Fsp3) is 0.286. The second-order valence-electron chi connectivity index (χ2n) is 6.90. The van der Waals surface area contributed by atoms with Crippen molar-refractivity contribution in [2.75, 3.05) is 37.6 Å². The maximum absolute atomic E-state index is 12.4. The molecule has 11 nitrogen and oxygen atoms in total. The normalized spacial score (nSPS) is 15.2. The van der Waals surface area contributed by atoms with Gasteiger partial charge in [-0.05, 0) is 30.3 Å². The summed E-state index contributed by atoms with van der Waals surface area (Å²) in [4.78, 5) is 48.6.